The van der Waals surface area contributed by atoms with E-state index in [2.05, 4.69) is 15.4 Å². The number of nitrogens with zero attached hydrogens (tertiary/aromatic N) is 4. The van der Waals surface area contributed by atoms with E-state index in [1.165, 1.54) is 0 Å². The van der Waals surface area contributed by atoms with Crippen LogP contribution in [0.4, 0.5) is 19.0 Å². The molecule has 2 aromatic rings. The van der Waals surface area contributed by atoms with Gasteiger partial charge in [0.25, 0.3) is 5.91 Å². The molecule has 0 bridgehead atoms. The van der Waals surface area contributed by atoms with Crippen molar-refractivity contribution < 1.29 is 18.0 Å². The van der Waals surface area contributed by atoms with E-state index in [4.69, 9.17) is 0 Å². The van der Waals surface area contributed by atoms with Crippen LogP contribution in [0, 0.1) is 6.92 Å². The summed E-state index contributed by atoms with van der Waals surface area (Å²) in [4.78, 5) is 18.5. The molecule has 4 rings (SSSR count). The number of aryl methyl sites for hydroxylation is 1. The highest BCUT2D eigenvalue weighted by Crippen LogP contribution is 2.40. The summed E-state index contributed by atoms with van der Waals surface area (Å²) >= 11 is 0. The molecule has 0 spiro atoms. The van der Waals surface area contributed by atoms with Crippen LogP contribution in [0.25, 0.3) is 0 Å². The second-order valence-corrected chi connectivity index (χ2v) is 7.66. The van der Waals surface area contributed by atoms with Gasteiger partial charge < -0.3 is 10.2 Å². The lowest BCUT2D eigenvalue weighted by Crippen LogP contribution is -2.37. The first kappa shape index (κ1) is 18.8. The van der Waals surface area contributed by atoms with Gasteiger partial charge in [0.05, 0.1) is 11.3 Å². The van der Waals surface area contributed by atoms with Crippen molar-refractivity contribution >= 4 is 11.7 Å². The lowest BCUT2D eigenvalue weighted by Gasteiger charge is -2.31. The molecular weight excluding hydrogens is 371 g/mol. The van der Waals surface area contributed by atoms with E-state index in [1.807, 2.05) is 6.92 Å². The second-order valence-electron chi connectivity index (χ2n) is 7.66. The lowest BCUT2D eigenvalue weighted by atomic mass is 10.0. The van der Waals surface area contributed by atoms with Gasteiger partial charge in [0.2, 0.25) is 0 Å². The van der Waals surface area contributed by atoms with Crippen molar-refractivity contribution in [3.63, 3.8) is 0 Å². The third kappa shape index (κ3) is 3.45. The SMILES string of the molecule is Cc1ccc(C(=O)N2CCC(c3cc4n(n3)[C@@H](C(F)(F)F)C[C@@H](C)N4)C2)cn1. The number of rotatable bonds is 2. The summed E-state index contributed by atoms with van der Waals surface area (Å²) < 4.78 is 41.3. The molecule has 0 radical (unpaired) electrons. The molecule has 3 atom stereocenters. The number of likely N-dealkylation sites (tertiary alicyclic amines) is 1. The van der Waals surface area contributed by atoms with Crippen LogP contribution >= 0.6 is 0 Å². The largest absolute Gasteiger partial charge is 0.410 e. The van der Waals surface area contributed by atoms with E-state index in [1.54, 1.807) is 36.2 Å². The molecule has 9 heteroatoms. The van der Waals surface area contributed by atoms with Gasteiger partial charge in [0, 0.05) is 43.0 Å². The number of amides is 1. The standard InChI is InChI=1S/C19H22F3N5O/c1-11-3-4-13(9-23-11)18(28)26-6-5-14(10-26)15-8-17-24-12(2)7-16(19(20,21)22)27(17)25-15/h3-4,8-9,12,14,16,24H,5-7,10H2,1-2H3/t12-,14?,16-/m1/s1. The number of pyridine rings is 1. The van der Waals surface area contributed by atoms with Crippen molar-refractivity contribution in [3.05, 3.63) is 41.3 Å². The van der Waals surface area contributed by atoms with E-state index >= 15 is 0 Å². The number of aromatic nitrogens is 3. The highest BCUT2D eigenvalue weighted by molar-refractivity contribution is 5.94. The number of carbonyl (C=O) groups excluding carboxylic acids is 1. The van der Waals surface area contributed by atoms with E-state index < -0.39 is 12.2 Å². The second kappa shape index (κ2) is 6.79. The number of fused-ring (bicyclic) bond motifs is 1. The highest BCUT2D eigenvalue weighted by atomic mass is 19.4. The molecule has 1 unspecified atom stereocenters. The number of alkyl halides is 3. The molecule has 1 amide bonds. The summed E-state index contributed by atoms with van der Waals surface area (Å²) in [5, 5.41) is 7.36. The summed E-state index contributed by atoms with van der Waals surface area (Å²) in [5.41, 5.74) is 1.95. The molecule has 6 nitrogen and oxygen atoms in total. The molecule has 2 aromatic heterocycles. The number of hydrogen-bond donors (Lipinski definition) is 1. The monoisotopic (exact) mass is 393 g/mol. The van der Waals surface area contributed by atoms with Crippen LogP contribution in [0.1, 0.15) is 53.5 Å². The Morgan fingerprint density at radius 3 is 2.79 bits per heavy atom. The molecule has 2 aliphatic rings. The normalized spacial score (nSPS) is 24.8. The van der Waals surface area contributed by atoms with Gasteiger partial charge in [-0.15, -0.1) is 0 Å². The van der Waals surface area contributed by atoms with E-state index in [-0.39, 0.29) is 24.3 Å². The average Bonchev–Trinajstić information content (AvgIpc) is 3.27. The van der Waals surface area contributed by atoms with Crippen LogP contribution in [-0.2, 0) is 0 Å². The zero-order valence-electron chi connectivity index (χ0n) is 15.7. The maximum absolute atomic E-state index is 13.4. The van der Waals surface area contributed by atoms with Gasteiger partial charge in [-0.1, -0.05) is 0 Å². The predicted octanol–water partition coefficient (Wildman–Crippen LogP) is 3.52. The molecular formula is C19H22F3N5O. The van der Waals surface area contributed by atoms with Crippen LogP contribution in [0.15, 0.2) is 24.4 Å². The van der Waals surface area contributed by atoms with Gasteiger partial charge in [0.1, 0.15) is 5.82 Å². The smallest absolute Gasteiger partial charge is 0.368 e. The summed E-state index contributed by atoms with van der Waals surface area (Å²) in [6.45, 7) is 4.58. The van der Waals surface area contributed by atoms with Crippen LogP contribution in [0.5, 0.6) is 0 Å². The fourth-order valence-corrected chi connectivity index (χ4v) is 3.94. The first-order chi connectivity index (χ1) is 13.2. The third-order valence-electron chi connectivity index (χ3n) is 5.45. The third-order valence-corrected chi connectivity index (χ3v) is 5.45. The van der Waals surface area contributed by atoms with Crippen LogP contribution in [0.2, 0.25) is 0 Å². The molecule has 4 heterocycles. The number of anilines is 1. The molecule has 1 saturated heterocycles. The maximum atomic E-state index is 13.4. The number of carbonyl (C=O) groups is 1. The lowest BCUT2D eigenvalue weighted by molar-refractivity contribution is -0.173. The molecule has 150 valence electrons. The first-order valence-corrected chi connectivity index (χ1v) is 9.37. The van der Waals surface area contributed by atoms with Crippen molar-refractivity contribution in [1.29, 1.82) is 0 Å². The van der Waals surface area contributed by atoms with Crippen LogP contribution < -0.4 is 5.32 Å². The Bertz CT molecular complexity index is 877. The Balaban J connectivity index is 1.52. The Labute approximate surface area is 160 Å². The maximum Gasteiger partial charge on any atom is 0.410 e. The number of nitrogens with one attached hydrogen (secondary N) is 1. The average molecular weight is 393 g/mol. The highest BCUT2D eigenvalue weighted by Gasteiger charge is 2.46. The molecule has 0 saturated carbocycles. The van der Waals surface area contributed by atoms with E-state index in [9.17, 15) is 18.0 Å². The minimum atomic E-state index is -4.34. The van der Waals surface area contributed by atoms with Crippen LogP contribution in [0.3, 0.4) is 0 Å². The van der Waals surface area contributed by atoms with Gasteiger partial charge >= 0.3 is 6.18 Å². The van der Waals surface area contributed by atoms with Gasteiger partial charge in [-0.05, 0) is 38.8 Å². The fourth-order valence-electron chi connectivity index (χ4n) is 3.94. The minimum absolute atomic E-state index is 0.0483. The van der Waals surface area contributed by atoms with Crippen molar-refractivity contribution in [3.8, 4) is 0 Å². The van der Waals surface area contributed by atoms with E-state index in [0.29, 0.717) is 36.6 Å². The van der Waals surface area contributed by atoms with Gasteiger partial charge in [-0.2, -0.15) is 18.3 Å². The first-order valence-electron chi connectivity index (χ1n) is 9.37. The van der Waals surface area contributed by atoms with Crippen molar-refractivity contribution in [1.82, 2.24) is 19.7 Å². The number of hydrogen-bond acceptors (Lipinski definition) is 4. The molecule has 0 aliphatic carbocycles. The summed E-state index contributed by atoms with van der Waals surface area (Å²) in [6, 6.07) is 3.33. The fraction of sp³-hybridized carbons (Fsp3) is 0.526. The molecule has 1 N–H and O–H groups in total. The summed E-state index contributed by atoms with van der Waals surface area (Å²) in [5.74, 6) is 0.203. The number of halogens is 3. The summed E-state index contributed by atoms with van der Waals surface area (Å²) in [6.07, 6.45) is -2.16. The Morgan fingerprint density at radius 2 is 2.11 bits per heavy atom. The Kier molecular flexibility index (Phi) is 4.55. The molecule has 1 fully saturated rings. The zero-order valence-corrected chi connectivity index (χ0v) is 15.7. The molecule has 2 aliphatic heterocycles. The molecule has 0 aromatic carbocycles. The minimum Gasteiger partial charge on any atom is -0.368 e. The Morgan fingerprint density at radius 1 is 1.32 bits per heavy atom. The van der Waals surface area contributed by atoms with Gasteiger partial charge in [-0.25, -0.2) is 4.68 Å². The van der Waals surface area contributed by atoms with Crippen molar-refractivity contribution in [2.75, 3.05) is 18.4 Å². The zero-order chi connectivity index (χ0) is 20.1. The van der Waals surface area contributed by atoms with Crippen LogP contribution in [-0.4, -0.2) is 50.9 Å². The van der Waals surface area contributed by atoms with Gasteiger partial charge in [-0.3, -0.25) is 9.78 Å². The Hall–Kier alpha value is -2.58. The van der Waals surface area contributed by atoms with Crippen molar-refractivity contribution in [2.24, 2.45) is 0 Å². The van der Waals surface area contributed by atoms with Gasteiger partial charge in [0.15, 0.2) is 6.04 Å². The van der Waals surface area contributed by atoms with E-state index in [0.717, 1.165) is 10.4 Å². The topological polar surface area (TPSA) is 63.1 Å². The summed E-state index contributed by atoms with van der Waals surface area (Å²) in [7, 11) is 0. The predicted molar refractivity (Wildman–Crippen MR) is 97.3 cm³/mol. The quantitative estimate of drug-likeness (QED) is 0.848. The van der Waals surface area contributed by atoms with Crippen molar-refractivity contribution in [2.45, 2.75) is 50.9 Å². The molecule has 28 heavy (non-hydrogen) atoms.